The predicted molar refractivity (Wildman–Crippen MR) is 92.8 cm³/mol. The normalized spacial score (nSPS) is 22.2. The molecule has 0 bridgehead atoms. The third kappa shape index (κ3) is 3.42. The van der Waals surface area contributed by atoms with Crippen LogP contribution in [-0.4, -0.2) is 45.2 Å². The summed E-state index contributed by atoms with van der Waals surface area (Å²) in [6, 6.07) is 10.5. The minimum Gasteiger partial charge on any atom is -0.352 e. The maximum Gasteiger partial charge on any atom is 0.226 e. The molecule has 0 saturated carbocycles. The van der Waals surface area contributed by atoms with Gasteiger partial charge in [0.25, 0.3) is 0 Å². The van der Waals surface area contributed by atoms with E-state index in [0.717, 1.165) is 51.1 Å². The Bertz CT molecular complexity index is 722. The smallest absolute Gasteiger partial charge is 0.226 e. The molecule has 1 amide bonds. The van der Waals surface area contributed by atoms with Gasteiger partial charge in [-0.15, -0.1) is 5.10 Å². The molecular formula is C18H24N6O. The fourth-order valence-corrected chi connectivity index (χ4v) is 3.98. The van der Waals surface area contributed by atoms with E-state index in [-0.39, 0.29) is 17.4 Å². The van der Waals surface area contributed by atoms with Crippen LogP contribution in [0.15, 0.2) is 30.3 Å². The number of nitrogens with one attached hydrogen (secondary N) is 2. The van der Waals surface area contributed by atoms with Crippen LogP contribution in [0.4, 0.5) is 0 Å². The number of carbonyl (C=O) groups is 1. The van der Waals surface area contributed by atoms with Crippen molar-refractivity contribution >= 4 is 5.91 Å². The van der Waals surface area contributed by atoms with Crippen molar-refractivity contribution in [3.63, 3.8) is 0 Å². The summed E-state index contributed by atoms with van der Waals surface area (Å²) in [6.45, 7) is 2.55. The monoisotopic (exact) mass is 340 g/mol. The van der Waals surface area contributed by atoms with Crippen LogP contribution in [-0.2, 0) is 24.2 Å². The van der Waals surface area contributed by atoms with Crippen molar-refractivity contribution < 1.29 is 4.79 Å². The predicted octanol–water partition coefficient (Wildman–Crippen LogP) is 0.717. The molecule has 1 aromatic heterocycles. The van der Waals surface area contributed by atoms with Gasteiger partial charge < -0.3 is 10.6 Å². The van der Waals surface area contributed by atoms with Gasteiger partial charge in [-0.05, 0) is 54.8 Å². The second kappa shape index (κ2) is 6.92. The van der Waals surface area contributed by atoms with Gasteiger partial charge in [0.05, 0.1) is 5.41 Å². The average molecular weight is 340 g/mol. The lowest BCUT2D eigenvalue weighted by Gasteiger charge is -2.38. The Morgan fingerprint density at radius 3 is 2.88 bits per heavy atom. The molecule has 7 nitrogen and oxygen atoms in total. The van der Waals surface area contributed by atoms with Gasteiger partial charge in [-0.25, -0.2) is 4.68 Å². The molecule has 4 rings (SSSR count). The summed E-state index contributed by atoms with van der Waals surface area (Å²) in [7, 11) is 0. The summed E-state index contributed by atoms with van der Waals surface area (Å²) >= 11 is 0. The first kappa shape index (κ1) is 16.2. The Balaban J connectivity index is 1.48. The molecule has 132 valence electrons. The number of fused-ring (bicyclic) bond motifs is 1. The van der Waals surface area contributed by atoms with Crippen LogP contribution in [0.1, 0.15) is 30.7 Å². The fraction of sp³-hybridized carbons (Fsp3) is 0.556. The molecule has 1 aromatic carbocycles. The number of carbonyl (C=O) groups excluding carboxylic acids is 1. The molecule has 2 aromatic rings. The highest BCUT2D eigenvalue weighted by atomic mass is 16.2. The Morgan fingerprint density at radius 2 is 2.08 bits per heavy atom. The number of aromatic nitrogens is 4. The fourth-order valence-electron chi connectivity index (χ4n) is 3.98. The lowest BCUT2D eigenvalue weighted by molar-refractivity contribution is -0.133. The van der Waals surface area contributed by atoms with Gasteiger partial charge >= 0.3 is 0 Å². The molecule has 1 atom stereocenters. The van der Waals surface area contributed by atoms with Crippen LogP contribution < -0.4 is 10.6 Å². The molecular weight excluding hydrogens is 316 g/mol. The molecule has 25 heavy (non-hydrogen) atoms. The number of piperidine rings is 1. The van der Waals surface area contributed by atoms with E-state index in [0.29, 0.717) is 6.42 Å². The largest absolute Gasteiger partial charge is 0.352 e. The van der Waals surface area contributed by atoms with Crippen molar-refractivity contribution in [1.82, 2.24) is 30.8 Å². The highest BCUT2D eigenvalue weighted by Crippen LogP contribution is 2.34. The quantitative estimate of drug-likeness (QED) is 0.857. The zero-order valence-corrected chi connectivity index (χ0v) is 14.3. The summed E-state index contributed by atoms with van der Waals surface area (Å²) in [5.74, 6) is 1.04. The first-order valence-corrected chi connectivity index (χ1v) is 9.06. The van der Waals surface area contributed by atoms with Gasteiger partial charge in [-0.2, -0.15) is 0 Å². The van der Waals surface area contributed by atoms with Gasteiger partial charge in [0.2, 0.25) is 5.91 Å². The summed E-state index contributed by atoms with van der Waals surface area (Å²) < 4.78 is 1.83. The third-order valence-electron chi connectivity index (χ3n) is 5.49. The number of hydrogen-bond acceptors (Lipinski definition) is 5. The van der Waals surface area contributed by atoms with E-state index in [9.17, 15) is 4.79 Å². The van der Waals surface area contributed by atoms with Crippen LogP contribution in [0.2, 0.25) is 0 Å². The summed E-state index contributed by atoms with van der Waals surface area (Å²) in [6.07, 6.45) is 4.13. The highest BCUT2D eigenvalue weighted by molar-refractivity contribution is 5.83. The number of aryl methyl sites for hydroxylation is 1. The molecule has 3 heterocycles. The molecule has 1 unspecified atom stereocenters. The number of hydrogen-bond donors (Lipinski definition) is 2. The lowest BCUT2D eigenvalue weighted by atomic mass is 9.73. The van der Waals surface area contributed by atoms with Crippen molar-refractivity contribution in [1.29, 1.82) is 0 Å². The first-order chi connectivity index (χ1) is 12.3. The zero-order chi connectivity index (χ0) is 17.1. The van der Waals surface area contributed by atoms with Gasteiger partial charge in [-0.1, -0.05) is 30.3 Å². The van der Waals surface area contributed by atoms with Crippen molar-refractivity contribution in [2.24, 2.45) is 5.41 Å². The van der Waals surface area contributed by atoms with Gasteiger partial charge in [0.1, 0.15) is 0 Å². The second-order valence-corrected chi connectivity index (χ2v) is 7.17. The number of amides is 1. The van der Waals surface area contributed by atoms with E-state index < -0.39 is 0 Å². The maximum absolute atomic E-state index is 13.2. The van der Waals surface area contributed by atoms with E-state index in [2.05, 4.69) is 38.3 Å². The van der Waals surface area contributed by atoms with Crippen molar-refractivity contribution in [2.75, 3.05) is 13.1 Å². The Kier molecular flexibility index (Phi) is 4.48. The molecule has 2 aliphatic rings. The number of benzene rings is 1. The molecule has 0 aliphatic carbocycles. The molecule has 2 aliphatic heterocycles. The minimum absolute atomic E-state index is 0.119. The van der Waals surface area contributed by atoms with Gasteiger partial charge in [0, 0.05) is 19.0 Å². The Hall–Kier alpha value is -2.28. The van der Waals surface area contributed by atoms with Crippen molar-refractivity contribution in [3.05, 3.63) is 41.7 Å². The zero-order valence-electron chi connectivity index (χ0n) is 14.3. The summed E-state index contributed by atoms with van der Waals surface area (Å²) in [4.78, 5) is 13.2. The van der Waals surface area contributed by atoms with Crippen molar-refractivity contribution in [3.8, 4) is 0 Å². The summed E-state index contributed by atoms with van der Waals surface area (Å²) in [5.41, 5.74) is 0.905. The standard InChI is InChI=1S/C18H24N6O/c25-17(20-15-6-11-24-16(12-15)21-22-23-24)18(7-9-19-10-8-18)13-14-4-2-1-3-5-14/h1-5,15,19H,6-13H2,(H,20,25). The second-order valence-electron chi connectivity index (χ2n) is 7.17. The van der Waals surface area contributed by atoms with Crippen molar-refractivity contribution in [2.45, 2.75) is 44.7 Å². The van der Waals surface area contributed by atoms with Crippen LogP contribution in [0.25, 0.3) is 0 Å². The van der Waals surface area contributed by atoms with Gasteiger partial charge in [0.15, 0.2) is 5.82 Å². The maximum atomic E-state index is 13.2. The van der Waals surface area contributed by atoms with E-state index in [1.54, 1.807) is 0 Å². The average Bonchev–Trinajstić information content (AvgIpc) is 3.11. The lowest BCUT2D eigenvalue weighted by Crippen LogP contribution is -2.52. The Morgan fingerprint density at radius 1 is 1.28 bits per heavy atom. The molecule has 0 spiro atoms. The molecule has 1 saturated heterocycles. The van der Waals surface area contributed by atoms with E-state index in [1.165, 1.54) is 5.56 Å². The minimum atomic E-state index is -0.323. The summed E-state index contributed by atoms with van der Waals surface area (Å²) in [5, 5.41) is 18.4. The van der Waals surface area contributed by atoms with E-state index in [1.807, 2.05) is 22.9 Å². The first-order valence-electron chi connectivity index (χ1n) is 9.06. The Labute approximate surface area is 147 Å². The van der Waals surface area contributed by atoms with Crippen LogP contribution in [0, 0.1) is 5.41 Å². The number of rotatable bonds is 4. The SMILES string of the molecule is O=C(NC1CCn2nnnc2C1)C1(Cc2ccccc2)CCNCC1. The topological polar surface area (TPSA) is 84.7 Å². The van der Waals surface area contributed by atoms with E-state index >= 15 is 0 Å². The van der Waals surface area contributed by atoms with Gasteiger partial charge in [-0.3, -0.25) is 4.79 Å². The molecule has 1 fully saturated rings. The highest BCUT2D eigenvalue weighted by Gasteiger charge is 2.40. The molecule has 0 radical (unpaired) electrons. The molecule has 7 heteroatoms. The number of nitrogens with zero attached hydrogens (tertiary/aromatic N) is 4. The molecule has 2 N–H and O–H groups in total. The van der Waals surface area contributed by atoms with Crippen LogP contribution >= 0.6 is 0 Å². The van der Waals surface area contributed by atoms with Crippen LogP contribution in [0.3, 0.4) is 0 Å². The van der Waals surface area contributed by atoms with Crippen LogP contribution in [0.5, 0.6) is 0 Å². The van der Waals surface area contributed by atoms with E-state index in [4.69, 9.17) is 0 Å². The number of tetrazole rings is 1. The third-order valence-corrected chi connectivity index (χ3v) is 5.49.